The van der Waals surface area contributed by atoms with Gasteiger partial charge in [0.2, 0.25) is 11.8 Å². The van der Waals surface area contributed by atoms with E-state index in [1.807, 2.05) is 36.4 Å². The molecule has 52 heavy (non-hydrogen) atoms. The van der Waals surface area contributed by atoms with E-state index in [4.69, 9.17) is 0 Å². The number of anilines is 3. The van der Waals surface area contributed by atoms with Crippen LogP contribution < -0.4 is 20.0 Å². The van der Waals surface area contributed by atoms with Gasteiger partial charge in [-0.2, -0.15) is 0 Å². The highest BCUT2D eigenvalue weighted by atomic mass is 16.3. The molecule has 3 fully saturated rings. The number of carbonyl (C=O) groups excluding carboxylic acids is 3. The summed E-state index contributed by atoms with van der Waals surface area (Å²) in [6.45, 7) is 5.34. The van der Waals surface area contributed by atoms with Gasteiger partial charge in [-0.05, 0) is 108 Å². The monoisotopic (exact) mass is 697 g/mol. The number of rotatable bonds is 7. The van der Waals surface area contributed by atoms with Gasteiger partial charge < -0.3 is 19.8 Å². The van der Waals surface area contributed by atoms with Gasteiger partial charge in [-0.3, -0.25) is 19.8 Å². The molecule has 4 aromatic rings. The highest BCUT2D eigenvalue weighted by Crippen LogP contribution is 2.47. The average molecular weight is 698 g/mol. The summed E-state index contributed by atoms with van der Waals surface area (Å²) in [5.41, 5.74) is 8.31. The summed E-state index contributed by atoms with van der Waals surface area (Å²) in [6.07, 6.45) is 4.88. The summed E-state index contributed by atoms with van der Waals surface area (Å²) in [6, 6.07) is 33.4. The van der Waals surface area contributed by atoms with Crippen LogP contribution in [0.3, 0.4) is 0 Å². The van der Waals surface area contributed by atoms with E-state index >= 15 is 0 Å². The van der Waals surface area contributed by atoms with Crippen LogP contribution in [0.1, 0.15) is 66.2 Å². The second-order valence-electron chi connectivity index (χ2n) is 14.8. The van der Waals surface area contributed by atoms with Crippen LogP contribution in [-0.4, -0.2) is 73.7 Å². The average Bonchev–Trinajstić information content (AvgIpc) is 3.18. The Kier molecular flexibility index (Phi) is 9.58. The van der Waals surface area contributed by atoms with E-state index < -0.39 is 0 Å². The first kappa shape index (κ1) is 33.8. The van der Waals surface area contributed by atoms with Crippen LogP contribution >= 0.6 is 0 Å². The molecule has 1 aliphatic carbocycles. The molecule has 4 aliphatic rings. The van der Waals surface area contributed by atoms with Crippen LogP contribution in [0.4, 0.5) is 21.9 Å². The zero-order valence-corrected chi connectivity index (χ0v) is 29.6. The third kappa shape index (κ3) is 7.09. The molecule has 2 atom stereocenters. The van der Waals surface area contributed by atoms with Gasteiger partial charge in [-0.25, -0.2) is 4.79 Å². The lowest BCUT2D eigenvalue weighted by molar-refractivity contribution is -0.132. The number of carbonyl (C=O) groups is 3. The lowest BCUT2D eigenvalue weighted by Gasteiger charge is -2.38. The van der Waals surface area contributed by atoms with Crippen LogP contribution in [-0.2, 0) is 16.0 Å². The molecule has 9 heteroatoms. The molecule has 8 rings (SSSR count). The molecular weight excluding hydrogens is 651 g/mol. The molecule has 3 saturated heterocycles. The number of hydrogen-bond acceptors (Lipinski definition) is 6. The molecule has 3 aliphatic heterocycles. The number of aryl methyl sites for hydroxylation is 1. The Bertz CT molecular complexity index is 1900. The highest BCUT2D eigenvalue weighted by molar-refractivity contribution is 6.05. The number of piperidine rings is 1. The predicted molar refractivity (Wildman–Crippen MR) is 204 cm³/mol. The normalized spacial score (nSPS) is 21.2. The minimum absolute atomic E-state index is 0.228. The van der Waals surface area contributed by atoms with Crippen molar-refractivity contribution in [3.05, 3.63) is 119 Å². The van der Waals surface area contributed by atoms with Crippen molar-refractivity contribution in [2.75, 3.05) is 60.5 Å². The van der Waals surface area contributed by atoms with Gasteiger partial charge in [0, 0.05) is 81.6 Å². The number of nitrogens with one attached hydrogen (secondary N) is 1. The Hall–Kier alpha value is -5.31. The molecule has 2 N–H and O–H groups in total. The topological polar surface area (TPSA) is 96.4 Å². The lowest BCUT2D eigenvalue weighted by Crippen LogP contribution is -2.49. The SMILES string of the molecule is O=C1CCN(c2ccc(N3CCC(CC(=O)N4CCN(c5ccc([C@@H]6c7ccc(O)cc7CC[C@@H]6c6ccccc6)cc5)CC4)CC3)cc2)C(=O)N1. The Morgan fingerprint density at radius 2 is 1.33 bits per heavy atom. The molecule has 268 valence electrons. The number of hydrogen-bond donors (Lipinski definition) is 2. The molecule has 0 spiro atoms. The Morgan fingerprint density at radius 3 is 2.02 bits per heavy atom. The number of urea groups is 1. The maximum absolute atomic E-state index is 13.4. The smallest absolute Gasteiger partial charge is 0.328 e. The fourth-order valence-corrected chi connectivity index (χ4v) is 8.81. The van der Waals surface area contributed by atoms with E-state index in [1.54, 1.807) is 4.90 Å². The van der Waals surface area contributed by atoms with Crippen molar-refractivity contribution in [1.82, 2.24) is 10.2 Å². The first-order chi connectivity index (χ1) is 25.4. The number of piperazine rings is 1. The molecular formula is C43H47N5O4. The number of aromatic hydroxyl groups is 1. The molecule has 0 radical (unpaired) electrons. The summed E-state index contributed by atoms with van der Waals surface area (Å²) in [4.78, 5) is 45.5. The van der Waals surface area contributed by atoms with Crippen molar-refractivity contribution >= 4 is 34.9 Å². The minimum Gasteiger partial charge on any atom is -0.508 e. The Labute approximate surface area is 305 Å². The third-order valence-electron chi connectivity index (χ3n) is 11.7. The number of fused-ring (bicyclic) bond motifs is 1. The fourth-order valence-electron chi connectivity index (χ4n) is 8.81. The quantitative estimate of drug-likeness (QED) is 0.225. The van der Waals surface area contributed by atoms with Crippen molar-refractivity contribution in [2.24, 2.45) is 5.92 Å². The lowest BCUT2D eigenvalue weighted by atomic mass is 9.69. The van der Waals surface area contributed by atoms with Gasteiger partial charge in [0.1, 0.15) is 5.75 Å². The number of amides is 4. The van der Waals surface area contributed by atoms with Gasteiger partial charge in [-0.1, -0.05) is 48.5 Å². The van der Waals surface area contributed by atoms with Crippen molar-refractivity contribution in [1.29, 1.82) is 0 Å². The highest BCUT2D eigenvalue weighted by Gasteiger charge is 2.33. The molecule has 0 unspecified atom stereocenters. The number of phenols is 1. The summed E-state index contributed by atoms with van der Waals surface area (Å²) in [7, 11) is 0. The second-order valence-corrected chi connectivity index (χ2v) is 14.8. The van der Waals surface area contributed by atoms with E-state index in [2.05, 4.69) is 80.7 Å². The van der Waals surface area contributed by atoms with Crippen LogP contribution in [0.15, 0.2) is 97.1 Å². The number of benzene rings is 4. The first-order valence-electron chi connectivity index (χ1n) is 18.9. The van der Waals surface area contributed by atoms with Gasteiger partial charge >= 0.3 is 6.03 Å². The van der Waals surface area contributed by atoms with Crippen LogP contribution in [0.2, 0.25) is 0 Å². The number of imide groups is 1. The van der Waals surface area contributed by atoms with Crippen molar-refractivity contribution in [3.8, 4) is 5.75 Å². The molecule has 9 nitrogen and oxygen atoms in total. The summed E-state index contributed by atoms with van der Waals surface area (Å²) < 4.78 is 0. The van der Waals surface area contributed by atoms with Crippen LogP contribution in [0.5, 0.6) is 5.75 Å². The molecule has 4 aromatic carbocycles. The number of nitrogens with zero attached hydrogens (tertiary/aromatic N) is 4. The van der Waals surface area contributed by atoms with E-state index in [-0.39, 0.29) is 23.8 Å². The molecule has 3 heterocycles. The van der Waals surface area contributed by atoms with Crippen molar-refractivity contribution in [2.45, 2.75) is 50.4 Å². The summed E-state index contributed by atoms with van der Waals surface area (Å²) in [5.74, 6) is 1.36. The van der Waals surface area contributed by atoms with Gasteiger partial charge in [0.25, 0.3) is 0 Å². The standard InChI is InChI=1S/C43H47N5O4/c49-37-15-17-39-33(29-37)8-16-38(31-4-2-1-3-5-31)42(39)32-6-9-34(10-7-32)46-24-26-47(27-25-46)41(51)28-30-18-21-45(22-19-30)35-11-13-36(14-12-35)48-23-20-40(50)44-43(48)52/h1-7,9-15,17,29-30,38,42,49H,8,16,18-28H2,(H,44,50,52)/t38-,42+/m1/s1. The zero-order chi connectivity index (χ0) is 35.6. The van der Waals surface area contributed by atoms with E-state index in [1.165, 1.54) is 27.9 Å². The predicted octanol–water partition coefficient (Wildman–Crippen LogP) is 6.66. The molecule has 0 bridgehead atoms. The van der Waals surface area contributed by atoms with Crippen LogP contribution in [0.25, 0.3) is 0 Å². The Balaban J connectivity index is 0.834. The summed E-state index contributed by atoms with van der Waals surface area (Å²) in [5, 5.41) is 12.6. The fraction of sp³-hybridized carbons (Fsp3) is 0.372. The minimum atomic E-state index is -0.368. The second kappa shape index (κ2) is 14.7. The van der Waals surface area contributed by atoms with Crippen molar-refractivity contribution in [3.63, 3.8) is 0 Å². The summed E-state index contributed by atoms with van der Waals surface area (Å²) >= 11 is 0. The maximum atomic E-state index is 13.4. The molecule has 0 saturated carbocycles. The van der Waals surface area contributed by atoms with E-state index in [9.17, 15) is 19.5 Å². The molecule has 0 aromatic heterocycles. The van der Waals surface area contributed by atoms with Crippen molar-refractivity contribution < 1.29 is 19.5 Å². The first-order valence-corrected chi connectivity index (χ1v) is 18.9. The van der Waals surface area contributed by atoms with Gasteiger partial charge in [-0.15, -0.1) is 0 Å². The van der Waals surface area contributed by atoms with E-state index in [0.717, 1.165) is 76.3 Å². The van der Waals surface area contributed by atoms with E-state index in [0.29, 0.717) is 37.0 Å². The van der Waals surface area contributed by atoms with Gasteiger partial charge in [0.05, 0.1) is 0 Å². The largest absolute Gasteiger partial charge is 0.508 e. The zero-order valence-electron chi connectivity index (χ0n) is 29.6. The third-order valence-corrected chi connectivity index (χ3v) is 11.7. The number of phenolic OH excluding ortho intramolecular Hbond substituents is 1. The molecule has 4 amide bonds. The van der Waals surface area contributed by atoms with Gasteiger partial charge in [0.15, 0.2) is 0 Å². The maximum Gasteiger partial charge on any atom is 0.328 e. The van der Waals surface area contributed by atoms with Crippen LogP contribution in [0, 0.1) is 5.92 Å². The Morgan fingerprint density at radius 1 is 0.673 bits per heavy atom.